The zero-order valence-corrected chi connectivity index (χ0v) is 17.4. The van der Waals surface area contributed by atoms with E-state index >= 15 is 0 Å². The molecule has 2 aliphatic heterocycles. The van der Waals surface area contributed by atoms with Gasteiger partial charge >= 0.3 is 0 Å². The molecular weight excluding hydrogens is 374 g/mol. The van der Waals surface area contributed by atoms with Gasteiger partial charge in [0.25, 0.3) is 5.91 Å². The number of carbonyl (C=O) groups is 1. The van der Waals surface area contributed by atoms with Crippen LogP contribution in [0.15, 0.2) is 18.3 Å². The Balaban J connectivity index is 1.32. The second kappa shape index (κ2) is 9.15. The molecule has 0 saturated carbocycles. The highest BCUT2D eigenvalue weighted by Gasteiger charge is 2.24. The minimum absolute atomic E-state index is 0.0399. The molecule has 4 rings (SSSR count). The third kappa shape index (κ3) is 4.79. The van der Waals surface area contributed by atoms with Crippen LogP contribution in [-0.2, 0) is 17.8 Å². The standard InChI is InChI=1S/C20H29N5O2S/c1-16-5-6-18(28-16)14-24-8-3-2-4-17(24)7-9-25-15-19(21-22-25)20(26)23-10-12-27-13-11-23/h5-6,15,17H,2-4,7-14H2,1H3. The highest BCUT2D eigenvalue weighted by atomic mass is 32.1. The Bertz CT molecular complexity index is 783. The maximum atomic E-state index is 12.5. The van der Waals surface area contributed by atoms with Crippen molar-refractivity contribution < 1.29 is 9.53 Å². The van der Waals surface area contributed by atoms with Gasteiger partial charge in [0, 0.05) is 42.0 Å². The molecule has 152 valence electrons. The number of aromatic nitrogens is 3. The second-order valence-electron chi connectivity index (χ2n) is 7.69. The number of rotatable bonds is 6. The van der Waals surface area contributed by atoms with Crippen LogP contribution in [0.5, 0.6) is 0 Å². The molecule has 28 heavy (non-hydrogen) atoms. The number of carbonyl (C=O) groups excluding carboxylic acids is 1. The first-order chi connectivity index (χ1) is 13.7. The number of nitrogens with zero attached hydrogens (tertiary/aromatic N) is 5. The number of piperidine rings is 1. The van der Waals surface area contributed by atoms with Gasteiger partial charge in [-0.25, -0.2) is 0 Å². The summed E-state index contributed by atoms with van der Waals surface area (Å²) in [6.45, 7) is 7.63. The largest absolute Gasteiger partial charge is 0.378 e. The molecule has 0 bridgehead atoms. The predicted octanol–water partition coefficient (Wildman–Crippen LogP) is 2.57. The Morgan fingerprint density at radius 2 is 2.11 bits per heavy atom. The number of hydrogen-bond acceptors (Lipinski definition) is 6. The van der Waals surface area contributed by atoms with E-state index in [0.717, 1.165) is 19.5 Å². The van der Waals surface area contributed by atoms with E-state index in [9.17, 15) is 4.79 Å². The van der Waals surface area contributed by atoms with Gasteiger partial charge in [0.15, 0.2) is 5.69 Å². The third-order valence-electron chi connectivity index (χ3n) is 5.65. The van der Waals surface area contributed by atoms with Crippen molar-refractivity contribution in [3.63, 3.8) is 0 Å². The molecular formula is C20H29N5O2S. The summed E-state index contributed by atoms with van der Waals surface area (Å²) in [6, 6.07) is 5.03. The minimum Gasteiger partial charge on any atom is -0.378 e. The Morgan fingerprint density at radius 3 is 2.89 bits per heavy atom. The first kappa shape index (κ1) is 19.5. The van der Waals surface area contributed by atoms with Crippen LogP contribution in [0.3, 0.4) is 0 Å². The summed E-state index contributed by atoms with van der Waals surface area (Å²) in [7, 11) is 0. The monoisotopic (exact) mass is 403 g/mol. The van der Waals surface area contributed by atoms with Gasteiger partial charge in [-0.2, -0.15) is 0 Å². The molecule has 0 aliphatic carbocycles. The van der Waals surface area contributed by atoms with E-state index in [1.165, 1.54) is 35.6 Å². The molecule has 2 saturated heterocycles. The lowest BCUT2D eigenvalue weighted by molar-refractivity contribution is 0.0299. The molecule has 0 N–H and O–H groups in total. The molecule has 1 atom stereocenters. The first-order valence-corrected chi connectivity index (χ1v) is 11.1. The van der Waals surface area contributed by atoms with Gasteiger partial charge < -0.3 is 9.64 Å². The van der Waals surface area contributed by atoms with Crippen molar-refractivity contribution in [1.82, 2.24) is 24.8 Å². The quantitative estimate of drug-likeness (QED) is 0.742. The lowest BCUT2D eigenvalue weighted by Gasteiger charge is -2.35. The van der Waals surface area contributed by atoms with Crippen LogP contribution in [0, 0.1) is 6.92 Å². The summed E-state index contributed by atoms with van der Waals surface area (Å²) < 4.78 is 7.14. The SMILES string of the molecule is Cc1ccc(CN2CCCCC2CCn2cc(C(=O)N3CCOCC3)nn2)s1. The van der Waals surface area contributed by atoms with Crippen molar-refractivity contribution in [2.45, 2.75) is 51.7 Å². The third-order valence-corrected chi connectivity index (χ3v) is 6.64. The number of ether oxygens (including phenoxy) is 1. The second-order valence-corrected chi connectivity index (χ2v) is 9.06. The summed E-state index contributed by atoms with van der Waals surface area (Å²) in [5.41, 5.74) is 0.441. The Hall–Kier alpha value is -1.77. The van der Waals surface area contributed by atoms with E-state index in [1.807, 2.05) is 16.0 Å². The highest BCUT2D eigenvalue weighted by Crippen LogP contribution is 2.25. The maximum absolute atomic E-state index is 12.5. The van der Waals surface area contributed by atoms with Crippen LogP contribution in [0.25, 0.3) is 0 Å². The van der Waals surface area contributed by atoms with Gasteiger partial charge in [-0.1, -0.05) is 11.6 Å². The Labute approximate surface area is 170 Å². The fourth-order valence-electron chi connectivity index (χ4n) is 4.08. The smallest absolute Gasteiger partial charge is 0.276 e. The molecule has 8 heteroatoms. The van der Waals surface area contributed by atoms with Crippen LogP contribution in [-0.4, -0.2) is 69.6 Å². The van der Waals surface area contributed by atoms with Crippen molar-refractivity contribution in [1.29, 1.82) is 0 Å². The topological polar surface area (TPSA) is 63.5 Å². The summed E-state index contributed by atoms with van der Waals surface area (Å²) in [5.74, 6) is -0.0399. The Morgan fingerprint density at radius 1 is 1.25 bits per heavy atom. The van der Waals surface area contributed by atoms with Gasteiger partial charge in [0.1, 0.15) is 0 Å². The number of thiophene rings is 1. The number of hydrogen-bond donors (Lipinski definition) is 0. The molecule has 2 aromatic heterocycles. The maximum Gasteiger partial charge on any atom is 0.276 e. The van der Waals surface area contributed by atoms with Crippen molar-refractivity contribution in [3.8, 4) is 0 Å². The highest BCUT2D eigenvalue weighted by molar-refractivity contribution is 7.11. The predicted molar refractivity (Wildman–Crippen MR) is 108 cm³/mol. The molecule has 2 aliphatic rings. The molecule has 0 aromatic carbocycles. The van der Waals surface area contributed by atoms with Gasteiger partial charge in [0.2, 0.25) is 0 Å². The van der Waals surface area contributed by atoms with Crippen molar-refractivity contribution in [2.75, 3.05) is 32.8 Å². The van der Waals surface area contributed by atoms with Gasteiger partial charge in [0.05, 0.1) is 19.4 Å². The zero-order chi connectivity index (χ0) is 19.3. The number of amides is 1. The molecule has 0 radical (unpaired) electrons. The average molecular weight is 404 g/mol. The number of likely N-dealkylation sites (tertiary alicyclic amines) is 1. The van der Waals surface area contributed by atoms with Crippen LogP contribution in [0.1, 0.15) is 45.9 Å². The van der Waals surface area contributed by atoms with E-state index in [4.69, 9.17) is 4.74 Å². The van der Waals surface area contributed by atoms with Crippen molar-refractivity contribution >= 4 is 17.2 Å². The fraction of sp³-hybridized carbons (Fsp3) is 0.650. The molecule has 7 nitrogen and oxygen atoms in total. The molecule has 1 amide bonds. The van der Waals surface area contributed by atoms with Crippen molar-refractivity contribution in [3.05, 3.63) is 33.8 Å². The van der Waals surface area contributed by atoms with Gasteiger partial charge in [-0.3, -0.25) is 14.4 Å². The molecule has 1 unspecified atom stereocenters. The van der Waals surface area contributed by atoms with E-state index in [0.29, 0.717) is 38.0 Å². The summed E-state index contributed by atoms with van der Waals surface area (Å²) in [5, 5.41) is 8.31. The van der Waals surface area contributed by atoms with Crippen molar-refractivity contribution in [2.24, 2.45) is 0 Å². The van der Waals surface area contributed by atoms with E-state index in [2.05, 4.69) is 34.3 Å². The van der Waals surface area contributed by atoms with Crippen LogP contribution in [0.4, 0.5) is 0 Å². The minimum atomic E-state index is -0.0399. The Kier molecular flexibility index (Phi) is 6.39. The van der Waals surface area contributed by atoms with E-state index < -0.39 is 0 Å². The zero-order valence-electron chi connectivity index (χ0n) is 16.5. The normalized spacial score (nSPS) is 21.2. The molecule has 4 heterocycles. The molecule has 0 spiro atoms. The van der Waals surface area contributed by atoms with E-state index in [1.54, 1.807) is 11.1 Å². The van der Waals surface area contributed by atoms with Crippen LogP contribution in [0.2, 0.25) is 0 Å². The number of morpholine rings is 1. The lowest BCUT2D eigenvalue weighted by Crippen LogP contribution is -2.40. The summed E-state index contributed by atoms with van der Waals surface area (Å²) >= 11 is 1.90. The summed E-state index contributed by atoms with van der Waals surface area (Å²) in [6.07, 6.45) is 6.65. The molecule has 2 fully saturated rings. The fourth-order valence-corrected chi connectivity index (χ4v) is 5.00. The lowest BCUT2D eigenvalue weighted by atomic mass is 9.99. The van der Waals surface area contributed by atoms with E-state index in [-0.39, 0.29) is 5.91 Å². The first-order valence-electron chi connectivity index (χ1n) is 10.3. The summed E-state index contributed by atoms with van der Waals surface area (Å²) in [4.78, 5) is 19.8. The van der Waals surface area contributed by atoms with Gasteiger partial charge in [-0.15, -0.1) is 16.4 Å². The van der Waals surface area contributed by atoms with Crippen LogP contribution < -0.4 is 0 Å². The average Bonchev–Trinajstić information content (AvgIpc) is 3.36. The van der Waals surface area contributed by atoms with Gasteiger partial charge in [-0.05, 0) is 44.9 Å². The number of aryl methyl sites for hydroxylation is 2. The van der Waals surface area contributed by atoms with Crippen LogP contribution >= 0.6 is 11.3 Å². The molecule has 2 aromatic rings.